The molecule has 19 heavy (non-hydrogen) atoms. The molecule has 1 aromatic rings. The average Bonchev–Trinajstić information content (AvgIpc) is 2.41. The maximum atomic E-state index is 9.09. The van der Waals surface area contributed by atoms with Crippen LogP contribution in [0.15, 0.2) is 12.1 Å². The fourth-order valence-electron chi connectivity index (χ4n) is 2.09. The molecule has 0 saturated carbocycles. The van der Waals surface area contributed by atoms with Crippen molar-refractivity contribution < 1.29 is 14.9 Å². The van der Waals surface area contributed by atoms with Gasteiger partial charge in [-0.3, -0.25) is 0 Å². The van der Waals surface area contributed by atoms with Crippen molar-refractivity contribution in [3.63, 3.8) is 0 Å². The molecule has 3 heteroatoms. The van der Waals surface area contributed by atoms with Crippen LogP contribution >= 0.6 is 0 Å². The number of rotatable bonds is 8. The van der Waals surface area contributed by atoms with Gasteiger partial charge in [-0.2, -0.15) is 0 Å². The predicted octanol–water partition coefficient (Wildman–Crippen LogP) is 2.63. The molecular formula is C16H26O3. The second-order valence-corrected chi connectivity index (χ2v) is 5.16. The Balaban J connectivity index is 2.72. The van der Waals surface area contributed by atoms with E-state index in [2.05, 4.69) is 32.9 Å². The van der Waals surface area contributed by atoms with Gasteiger partial charge in [-0.1, -0.05) is 13.0 Å². The van der Waals surface area contributed by atoms with Gasteiger partial charge in [0.15, 0.2) is 0 Å². The first-order valence-corrected chi connectivity index (χ1v) is 7.07. The highest BCUT2D eigenvalue weighted by Crippen LogP contribution is 2.24. The van der Waals surface area contributed by atoms with Gasteiger partial charge in [-0.15, -0.1) is 0 Å². The van der Waals surface area contributed by atoms with Crippen LogP contribution in [0.4, 0.5) is 0 Å². The Morgan fingerprint density at radius 3 is 2.37 bits per heavy atom. The summed E-state index contributed by atoms with van der Waals surface area (Å²) in [6.07, 6.45) is 2.70. The van der Waals surface area contributed by atoms with Gasteiger partial charge in [0.2, 0.25) is 0 Å². The van der Waals surface area contributed by atoms with E-state index in [1.54, 1.807) is 0 Å². The highest BCUT2D eigenvalue weighted by molar-refractivity contribution is 5.41. The van der Waals surface area contributed by atoms with Crippen molar-refractivity contribution in [2.45, 2.75) is 40.0 Å². The normalized spacial score (nSPS) is 11.1. The van der Waals surface area contributed by atoms with Crippen LogP contribution < -0.4 is 4.74 Å². The Morgan fingerprint density at radius 1 is 1.11 bits per heavy atom. The van der Waals surface area contributed by atoms with E-state index in [1.807, 2.05) is 0 Å². The SMILES string of the molecule is CCCOc1cc(C)c(CCC(CO)CO)cc1C. The Labute approximate surface area is 116 Å². The Morgan fingerprint density at radius 2 is 1.79 bits per heavy atom. The monoisotopic (exact) mass is 266 g/mol. The van der Waals surface area contributed by atoms with E-state index >= 15 is 0 Å². The fraction of sp³-hybridized carbons (Fsp3) is 0.625. The smallest absolute Gasteiger partial charge is 0.122 e. The summed E-state index contributed by atoms with van der Waals surface area (Å²) in [5, 5.41) is 18.2. The van der Waals surface area contributed by atoms with Crippen LogP contribution in [0.25, 0.3) is 0 Å². The second-order valence-electron chi connectivity index (χ2n) is 5.16. The van der Waals surface area contributed by atoms with Gasteiger partial charge in [0.05, 0.1) is 6.61 Å². The predicted molar refractivity (Wildman–Crippen MR) is 77.7 cm³/mol. The molecule has 0 aliphatic carbocycles. The molecule has 0 saturated heterocycles. The van der Waals surface area contributed by atoms with E-state index < -0.39 is 0 Å². The number of benzene rings is 1. The van der Waals surface area contributed by atoms with E-state index in [4.69, 9.17) is 14.9 Å². The highest BCUT2D eigenvalue weighted by Gasteiger charge is 2.09. The summed E-state index contributed by atoms with van der Waals surface area (Å²) in [5.74, 6) is 0.944. The van der Waals surface area contributed by atoms with Gasteiger partial charge < -0.3 is 14.9 Å². The van der Waals surface area contributed by atoms with Crippen LogP contribution in [-0.2, 0) is 6.42 Å². The van der Waals surface area contributed by atoms with Crippen molar-refractivity contribution in [1.29, 1.82) is 0 Å². The molecule has 0 bridgehead atoms. The highest BCUT2D eigenvalue weighted by atomic mass is 16.5. The van der Waals surface area contributed by atoms with Gasteiger partial charge in [0, 0.05) is 19.1 Å². The van der Waals surface area contributed by atoms with Gasteiger partial charge in [-0.05, 0) is 55.9 Å². The van der Waals surface area contributed by atoms with Gasteiger partial charge in [0.25, 0.3) is 0 Å². The lowest BCUT2D eigenvalue weighted by atomic mass is 9.96. The lowest BCUT2D eigenvalue weighted by Gasteiger charge is -2.15. The molecule has 0 spiro atoms. The number of hydrogen-bond acceptors (Lipinski definition) is 3. The fourth-order valence-corrected chi connectivity index (χ4v) is 2.09. The maximum absolute atomic E-state index is 9.09. The van der Waals surface area contributed by atoms with Crippen molar-refractivity contribution in [2.24, 2.45) is 5.92 Å². The molecule has 0 radical (unpaired) electrons. The van der Waals surface area contributed by atoms with Crippen molar-refractivity contribution in [3.05, 3.63) is 28.8 Å². The second kappa shape index (κ2) is 8.18. The van der Waals surface area contributed by atoms with Crippen LogP contribution in [0, 0.1) is 19.8 Å². The minimum Gasteiger partial charge on any atom is -0.493 e. The molecule has 0 atom stereocenters. The minimum absolute atomic E-state index is 0.0178. The van der Waals surface area contributed by atoms with Gasteiger partial charge >= 0.3 is 0 Å². The van der Waals surface area contributed by atoms with Crippen LogP contribution in [0.3, 0.4) is 0 Å². The first-order valence-electron chi connectivity index (χ1n) is 7.07. The number of ether oxygens (including phenoxy) is 1. The quantitative estimate of drug-likeness (QED) is 0.760. The topological polar surface area (TPSA) is 49.7 Å². The molecule has 2 N–H and O–H groups in total. The van der Waals surface area contributed by atoms with Crippen molar-refractivity contribution in [1.82, 2.24) is 0 Å². The zero-order valence-corrected chi connectivity index (χ0v) is 12.3. The van der Waals surface area contributed by atoms with E-state index in [0.717, 1.165) is 37.2 Å². The summed E-state index contributed by atoms with van der Waals surface area (Å²) in [5.41, 5.74) is 3.64. The van der Waals surface area contributed by atoms with Crippen LogP contribution in [-0.4, -0.2) is 30.0 Å². The minimum atomic E-state index is -0.0178. The van der Waals surface area contributed by atoms with Crippen LogP contribution in [0.2, 0.25) is 0 Å². The molecule has 1 aromatic carbocycles. The molecule has 0 aliphatic heterocycles. The Bertz CT molecular complexity index is 384. The first kappa shape index (κ1) is 16.0. The zero-order valence-electron chi connectivity index (χ0n) is 12.3. The lowest BCUT2D eigenvalue weighted by molar-refractivity contribution is 0.144. The van der Waals surface area contributed by atoms with Gasteiger partial charge in [-0.25, -0.2) is 0 Å². The summed E-state index contributed by atoms with van der Waals surface area (Å²) in [4.78, 5) is 0. The van der Waals surface area contributed by atoms with E-state index in [1.165, 1.54) is 11.1 Å². The third-order valence-corrected chi connectivity index (χ3v) is 3.43. The molecule has 0 fully saturated rings. The molecule has 3 nitrogen and oxygen atoms in total. The number of aliphatic hydroxyl groups is 2. The first-order chi connectivity index (χ1) is 9.12. The van der Waals surface area contributed by atoms with E-state index in [0.29, 0.717) is 0 Å². The van der Waals surface area contributed by atoms with Gasteiger partial charge in [0.1, 0.15) is 5.75 Å². The third-order valence-electron chi connectivity index (χ3n) is 3.43. The Kier molecular flexibility index (Phi) is 6.89. The number of aliphatic hydroxyl groups excluding tert-OH is 2. The summed E-state index contributed by atoms with van der Waals surface area (Å²) >= 11 is 0. The molecule has 0 aromatic heterocycles. The van der Waals surface area contributed by atoms with E-state index in [-0.39, 0.29) is 19.1 Å². The summed E-state index contributed by atoms with van der Waals surface area (Å²) in [6, 6.07) is 4.25. The van der Waals surface area contributed by atoms with Crippen molar-refractivity contribution >= 4 is 0 Å². The van der Waals surface area contributed by atoms with Crippen LogP contribution in [0.1, 0.15) is 36.5 Å². The molecule has 0 heterocycles. The molecule has 1 rings (SSSR count). The molecule has 0 amide bonds. The third kappa shape index (κ3) is 4.84. The lowest BCUT2D eigenvalue weighted by Crippen LogP contribution is -2.12. The van der Waals surface area contributed by atoms with Crippen LogP contribution in [0.5, 0.6) is 5.75 Å². The van der Waals surface area contributed by atoms with E-state index in [9.17, 15) is 0 Å². The standard InChI is InChI=1S/C16H26O3/c1-4-7-19-16-9-12(2)15(8-13(16)3)6-5-14(10-17)11-18/h8-9,14,17-18H,4-7,10-11H2,1-3H3. The molecule has 0 aliphatic rings. The summed E-state index contributed by atoms with van der Waals surface area (Å²) in [6.45, 7) is 7.08. The average molecular weight is 266 g/mol. The number of aryl methyl sites for hydroxylation is 3. The summed E-state index contributed by atoms with van der Waals surface area (Å²) < 4.78 is 5.71. The van der Waals surface area contributed by atoms with Crippen molar-refractivity contribution in [2.75, 3.05) is 19.8 Å². The maximum Gasteiger partial charge on any atom is 0.122 e. The number of hydrogen-bond donors (Lipinski definition) is 2. The summed E-state index contributed by atoms with van der Waals surface area (Å²) in [7, 11) is 0. The molecule has 108 valence electrons. The Hall–Kier alpha value is -1.06. The molecule has 0 unspecified atom stereocenters. The van der Waals surface area contributed by atoms with Crippen molar-refractivity contribution in [3.8, 4) is 5.75 Å². The zero-order chi connectivity index (χ0) is 14.3. The largest absolute Gasteiger partial charge is 0.493 e. The molecular weight excluding hydrogens is 240 g/mol.